The summed E-state index contributed by atoms with van der Waals surface area (Å²) in [6, 6.07) is 17.3. The molecule has 106 valence electrons. The number of hydrogen-bond donors (Lipinski definition) is 3. The minimum absolute atomic E-state index is 0.0717. The largest absolute Gasteiger partial charge is 0.399 e. The quantitative estimate of drug-likeness (QED) is 0.644. The third-order valence-corrected chi connectivity index (χ3v) is 3.56. The predicted molar refractivity (Wildman–Crippen MR) is 87.5 cm³/mol. The van der Waals surface area contributed by atoms with Gasteiger partial charge in [0.2, 0.25) is 0 Å². The molecule has 3 rings (SSSR count). The Morgan fingerprint density at radius 1 is 1.10 bits per heavy atom. The van der Waals surface area contributed by atoms with Crippen molar-refractivity contribution in [2.24, 2.45) is 0 Å². The van der Waals surface area contributed by atoms with Crippen molar-refractivity contribution in [3.8, 4) is 0 Å². The standard InChI is InChI=1S/C17H17N3O/c1-11(12-6-8-14(18)9-7-12)19-16-10-13-4-2-3-5-15(13)17(21)20-16/h2-11H,18H2,1H3,(H2,19,20,21). The van der Waals surface area contributed by atoms with Crippen LogP contribution in [0.4, 0.5) is 11.5 Å². The van der Waals surface area contributed by atoms with Crippen LogP contribution >= 0.6 is 0 Å². The van der Waals surface area contributed by atoms with E-state index in [2.05, 4.69) is 10.3 Å². The van der Waals surface area contributed by atoms with Gasteiger partial charge < -0.3 is 16.0 Å². The normalized spacial score (nSPS) is 12.2. The lowest BCUT2D eigenvalue weighted by Gasteiger charge is -2.16. The van der Waals surface area contributed by atoms with Gasteiger partial charge in [-0.1, -0.05) is 30.3 Å². The van der Waals surface area contributed by atoms with E-state index in [1.807, 2.05) is 61.5 Å². The maximum Gasteiger partial charge on any atom is 0.257 e. The Bertz CT molecular complexity index is 821. The number of nitrogens with two attached hydrogens (primary N) is 1. The van der Waals surface area contributed by atoms with Gasteiger partial charge in [0, 0.05) is 17.1 Å². The summed E-state index contributed by atoms with van der Waals surface area (Å²) in [7, 11) is 0. The molecule has 0 radical (unpaired) electrons. The van der Waals surface area contributed by atoms with E-state index in [1.54, 1.807) is 0 Å². The average Bonchev–Trinajstić information content (AvgIpc) is 2.48. The molecule has 1 atom stereocenters. The first-order valence-electron chi connectivity index (χ1n) is 6.87. The molecule has 4 N–H and O–H groups in total. The van der Waals surface area contributed by atoms with Gasteiger partial charge in [-0.25, -0.2) is 0 Å². The average molecular weight is 279 g/mol. The smallest absolute Gasteiger partial charge is 0.257 e. The third kappa shape index (κ3) is 2.74. The number of hydrogen-bond acceptors (Lipinski definition) is 3. The van der Waals surface area contributed by atoms with Crippen molar-refractivity contribution in [1.82, 2.24) is 4.98 Å². The number of anilines is 2. The number of H-pyrrole nitrogens is 1. The number of nitrogens with one attached hydrogen (secondary N) is 2. The number of aromatic nitrogens is 1. The van der Waals surface area contributed by atoms with E-state index in [4.69, 9.17) is 5.73 Å². The maximum absolute atomic E-state index is 12.1. The van der Waals surface area contributed by atoms with Crippen LogP contribution in [0.2, 0.25) is 0 Å². The SMILES string of the molecule is CC(Nc1cc2ccccc2c(=O)[nH]1)c1ccc(N)cc1. The van der Waals surface area contributed by atoms with Gasteiger partial charge in [0.05, 0.1) is 0 Å². The number of benzene rings is 2. The summed E-state index contributed by atoms with van der Waals surface area (Å²) in [5, 5.41) is 4.94. The molecule has 21 heavy (non-hydrogen) atoms. The van der Waals surface area contributed by atoms with E-state index in [0.29, 0.717) is 11.2 Å². The maximum atomic E-state index is 12.1. The molecule has 0 saturated heterocycles. The fourth-order valence-electron chi connectivity index (χ4n) is 2.39. The minimum atomic E-state index is -0.0832. The summed E-state index contributed by atoms with van der Waals surface area (Å²) in [6.45, 7) is 2.04. The van der Waals surface area contributed by atoms with Gasteiger partial charge in [0.25, 0.3) is 5.56 Å². The molecule has 0 aliphatic heterocycles. The van der Waals surface area contributed by atoms with Crippen LogP contribution < -0.4 is 16.6 Å². The molecule has 3 aromatic rings. The molecule has 0 aliphatic rings. The van der Waals surface area contributed by atoms with Gasteiger partial charge in [-0.15, -0.1) is 0 Å². The van der Waals surface area contributed by atoms with E-state index in [0.717, 1.165) is 16.6 Å². The summed E-state index contributed by atoms with van der Waals surface area (Å²) in [5.41, 5.74) is 7.46. The van der Waals surface area contributed by atoms with Crippen LogP contribution in [-0.4, -0.2) is 4.98 Å². The van der Waals surface area contributed by atoms with Crippen LogP contribution in [0.15, 0.2) is 59.4 Å². The molecule has 4 heteroatoms. The van der Waals surface area contributed by atoms with Crippen LogP contribution in [0.5, 0.6) is 0 Å². The van der Waals surface area contributed by atoms with E-state index in [9.17, 15) is 4.79 Å². The summed E-state index contributed by atoms with van der Waals surface area (Å²) < 4.78 is 0. The van der Waals surface area contributed by atoms with Crippen LogP contribution in [0.25, 0.3) is 10.8 Å². The van der Waals surface area contributed by atoms with Gasteiger partial charge in [0.15, 0.2) is 0 Å². The number of fused-ring (bicyclic) bond motifs is 1. The Morgan fingerprint density at radius 3 is 2.57 bits per heavy atom. The molecule has 1 aromatic heterocycles. The van der Waals surface area contributed by atoms with Crippen molar-refractivity contribution in [3.63, 3.8) is 0 Å². The number of nitrogen functional groups attached to an aromatic ring is 1. The van der Waals surface area contributed by atoms with Gasteiger partial charge in [-0.2, -0.15) is 0 Å². The zero-order valence-corrected chi connectivity index (χ0v) is 11.8. The van der Waals surface area contributed by atoms with Gasteiger partial charge in [-0.3, -0.25) is 4.79 Å². The molecular weight excluding hydrogens is 262 g/mol. The molecule has 0 saturated carbocycles. The Labute approximate surface area is 122 Å². The number of rotatable bonds is 3. The fraction of sp³-hybridized carbons (Fsp3) is 0.118. The van der Waals surface area contributed by atoms with Crippen LogP contribution in [0.1, 0.15) is 18.5 Å². The molecule has 0 spiro atoms. The summed E-state index contributed by atoms with van der Waals surface area (Å²) >= 11 is 0. The molecule has 1 heterocycles. The van der Waals surface area contributed by atoms with Crippen LogP contribution in [0.3, 0.4) is 0 Å². The molecule has 0 aliphatic carbocycles. The predicted octanol–water partition coefficient (Wildman–Crippen LogP) is 3.28. The van der Waals surface area contributed by atoms with E-state index < -0.39 is 0 Å². The Balaban J connectivity index is 1.91. The second-order valence-corrected chi connectivity index (χ2v) is 5.13. The molecule has 4 nitrogen and oxygen atoms in total. The molecular formula is C17H17N3O. The summed E-state index contributed by atoms with van der Waals surface area (Å²) in [5.74, 6) is 0.711. The van der Waals surface area contributed by atoms with Crippen molar-refractivity contribution in [1.29, 1.82) is 0 Å². The highest BCUT2D eigenvalue weighted by Crippen LogP contribution is 2.20. The van der Waals surface area contributed by atoms with E-state index in [-0.39, 0.29) is 11.6 Å². The van der Waals surface area contributed by atoms with E-state index in [1.165, 1.54) is 0 Å². The van der Waals surface area contributed by atoms with Crippen molar-refractivity contribution in [3.05, 3.63) is 70.5 Å². The summed E-state index contributed by atoms with van der Waals surface area (Å²) in [6.07, 6.45) is 0. The van der Waals surface area contributed by atoms with E-state index >= 15 is 0 Å². The second-order valence-electron chi connectivity index (χ2n) is 5.13. The highest BCUT2D eigenvalue weighted by Gasteiger charge is 2.07. The van der Waals surface area contributed by atoms with Gasteiger partial charge >= 0.3 is 0 Å². The minimum Gasteiger partial charge on any atom is -0.399 e. The first kappa shape index (κ1) is 13.2. The highest BCUT2D eigenvalue weighted by atomic mass is 16.1. The lowest BCUT2D eigenvalue weighted by atomic mass is 10.1. The van der Waals surface area contributed by atoms with Crippen LogP contribution in [-0.2, 0) is 0 Å². The van der Waals surface area contributed by atoms with Crippen LogP contribution in [0, 0.1) is 0 Å². The Morgan fingerprint density at radius 2 is 1.81 bits per heavy atom. The first-order valence-corrected chi connectivity index (χ1v) is 6.87. The van der Waals surface area contributed by atoms with Crippen molar-refractivity contribution < 1.29 is 0 Å². The van der Waals surface area contributed by atoms with Crippen molar-refractivity contribution in [2.75, 3.05) is 11.1 Å². The molecule has 0 amide bonds. The fourth-order valence-corrected chi connectivity index (χ4v) is 2.39. The molecule has 0 fully saturated rings. The lowest BCUT2D eigenvalue weighted by Crippen LogP contribution is -2.13. The highest BCUT2D eigenvalue weighted by molar-refractivity contribution is 5.83. The van der Waals surface area contributed by atoms with Gasteiger partial charge in [0.1, 0.15) is 5.82 Å². The number of aromatic amines is 1. The molecule has 2 aromatic carbocycles. The molecule has 0 bridgehead atoms. The van der Waals surface area contributed by atoms with Crippen molar-refractivity contribution >= 4 is 22.3 Å². The van der Waals surface area contributed by atoms with Gasteiger partial charge in [-0.05, 0) is 42.1 Å². The topological polar surface area (TPSA) is 70.9 Å². The molecule has 1 unspecified atom stereocenters. The first-order chi connectivity index (χ1) is 10.1. The monoisotopic (exact) mass is 279 g/mol. The zero-order valence-electron chi connectivity index (χ0n) is 11.8. The van der Waals surface area contributed by atoms with Crippen molar-refractivity contribution in [2.45, 2.75) is 13.0 Å². The lowest BCUT2D eigenvalue weighted by molar-refractivity contribution is 0.874. The Hall–Kier alpha value is -2.75. The second kappa shape index (κ2) is 5.32. The third-order valence-electron chi connectivity index (χ3n) is 3.56. The Kier molecular flexibility index (Phi) is 3.36. The zero-order chi connectivity index (χ0) is 14.8. The summed E-state index contributed by atoms with van der Waals surface area (Å²) in [4.78, 5) is 14.9. The number of pyridine rings is 1.